The fraction of sp³-hybridized carbons (Fsp3) is 0.520. The van der Waals surface area contributed by atoms with Crippen LogP contribution in [0.1, 0.15) is 77.2 Å². The third kappa shape index (κ3) is 12.8. The lowest BCUT2D eigenvalue weighted by atomic mass is 10.1. The highest BCUT2D eigenvalue weighted by molar-refractivity contribution is 5.66. The lowest BCUT2D eigenvalue weighted by Crippen LogP contribution is -2.13. The summed E-state index contributed by atoms with van der Waals surface area (Å²) in [6, 6.07) is 7.62. The summed E-state index contributed by atoms with van der Waals surface area (Å²) in [5.74, 6) is -0.365. The summed E-state index contributed by atoms with van der Waals surface area (Å²) in [6.07, 6.45) is 16.1. The molecule has 1 aromatic carbocycles. The van der Waals surface area contributed by atoms with Gasteiger partial charge in [0.25, 0.3) is 0 Å². The van der Waals surface area contributed by atoms with Crippen LogP contribution in [0.25, 0.3) is 6.08 Å². The number of benzene rings is 1. The summed E-state index contributed by atoms with van der Waals surface area (Å²) in [4.78, 5) is 22.0. The van der Waals surface area contributed by atoms with E-state index in [1.165, 1.54) is 32.6 Å². The number of carbonyl (C=O) groups excluding carboxylic acids is 1. The van der Waals surface area contributed by atoms with Gasteiger partial charge in [-0.25, -0.2) is 0 Å². The van der Waals surface area contributed by atoms with Crippen LogP contribution in [0.4, 0.5) is 0 Å². The van der Waals surface area contributed by atoms with Crippen LogP contribution in [-0.2, 0) is 14.3 Å². The Morgan fingerprint density at radius 3 is 2.50 bits per heavy atom. The molecule has 166 valence electrons. The number of aliphatic carboxylic acids is 1. The fourth-order valence-corrected chi connectivity index (χ4v) is 3.04. The highest BCUT2D eigenvalue weighted by atomic mass is 16.5. The number of allylic oxidation sites excluding steroid dienone is 2. The van der Waals surface area contributed by atoms with Gasteiger partial charge < -0.3 is 14.6 Å². The molecule has 0 spiro atoms. The van der Waals surface area contributed by atoms with Crippen molar-refractivity contribution in [2.75, 3.05) is 6.61 Å². The molecule has 5 heteroatoms. The second-order valence-corrected chi connectivity index (χ2v) is 7.33. The van der Waals surface area contributed by atoms with Gasteiger partial charge in [0.2, 0.25) is 0 Å². The van der Waals surface area contributed by atoms with Gasteiger partial charge in [-0.15, -0.1) is 0 Å². The van der Waals surface area contributed by atoms with E-state index >= 15 is 0 Å². The zero-order valence-electron chi connectivity index (χ0n) is 18.3. The number of carbonyl (C=O) groups is 2. The van der Waals surface area contributed by atoms with Crippen LogP contribution < -0.4 is 4.74 Å². The molecule has 0 aliphatic rings. The molecule has 0 saturated heterocycles. The Bertz CT molecular complexity index is 678. The van der Waals surface area contributed by atoms with E-state index in [0.717, 1.165) is 30.6 Å². The molecule has 0 radical (unpaired) electrons. The van der Waals surface area contributed by atoms with Crippen molar-refractivity contribution in [3.63, 3.8) is 0 Å². The smallest absolute Gasteiger partial charge is 0.303 e. The molecule has 1 atom stereocenters. The van der Waals surface area contributed by atoms with E-state index in [-0.39, 0.29) is 18.5 Å². The largest absolute Gasteiger partial charge is 0.493 e. The first-order valence-electron chi connectivity index (χ1n) is 11.0. The molecular formula is C25H36O5. The number of carboxylic acids is 1. The quantitative estimate of drug-likeness (QED) is 0.198. The Balaban J connectivity index is 2.54. The van der Waals surface area contributed by atoms with Crippen LogP contribution in [0.2, 0.25) is 0 Å². The van der Waals surface area contributed by atoms with Gasteiger partial charge >= 0.3 is 11.9 Å². The number of ether oxygens (including phenoxy) is 2. The van der Waals surface area contributed by atoms with E-state index in [1.54, 1.807) is 0 Å². The maximum atomic E-state index is 11.4. The molecule has 0 aliphatic carbocycles. The molecule has 1 rings (SSSR count). The van der Waals surface area contributed by atoms with Crippen molar-refractivity contribution in [1.82, 2.24) is 0 Å². The van der Waals surface area contributed by atoms with Gasteiger partial charge in [-0.2, -0.15) is 0 Å². The molecule has 1 unspecified atom stereocenters. The predicted molar refractivity (Wildman–Crippen MR) is 121 cm³/mol. The average molecular weight is 417 g/mol. The molecule has 0 amide bonds. The number of hydrogen-bond donors (Lipinski definition) is 1. The van der Waals surface area contributed by atoms with Crippen molar-refractivity contribution in [1.29, 1.82) is 0 Å². The van der Waals surface area contributed by atoms with Crippen LogP contribution in [0.15, 0.2) is 42.5 Å². The number of unbranched alkanes of at least 4 members (excludes halogenated alkanes) is 5. The van der Waals surface area contributed by atoms with Gasteiger partial charge in [0.05, 0.1) is 6.61 Å². The van der Waals surface area contributed by atoms with Crippen LogP contribution >= 0.6 is 0 Å². The van der Waals surface area contributed by atoms with Crippen molar-refractivity contribution in [2.45, 2.75) is 77.7 Å². The van der Waals surface area contributed by atoms with E-state index < -0.39 is 5.97 Å². The molecule has 1 aromatic rings. The Kier molecular flexibility index (Phi) is 13.8. The SMILES string of the molecule is CCCCCCCCC(C=CC=Cc1ccccc1OCCCC(=O)O)OC(C)=O. The molecule has 0 aromatic heterocycles. The van der Waals surface area contributed by atoms with Crippen molar-refractivity contribution in [3.05, 3.63) is 48.1 Å². The topological polar surface area (TPSA) is 72.8 Å². The third-order valence-corrected chi connectivity index (χ3v) is 4.58. The highest BCUT2D eigenvalue weighted by Crippen LogP contribution is 2.20. The Hall–Kier alpha value is -2.56. The minimum absolute atomic E-state index is 0.0941. The van der Waals surface area contributed by atoms with E-state index in [9.17, 15) is 9.59 Å². The number of esters is 1. The van der Waals surface area contributed by atoms with Crippen molar-refractivity contribution in [2.24, 2.45) is 0 Å². The lowest BCUT2D eigenvalue weighted by molar-refractivity contribution is -0.144. The summed E-state index contributed by atoms with van der Waals surface area (Å²) in [5.41, 5.74) is 0.914. The van der Waals surface area contributed by atoms with E-state index in [2.05, 4.69) is 6.92 Å². The zero-order valence-corrected chi connectivity index (χ0v) is 18.3. The van der Waals surface area contributed by atoms with Gasteiger partial charge in [0.1, 0.15) is 11.9 Å². The molecule has 1 N–H and O–H groups in total. The Morgan fingerprint density at radius 1 is 1.03 bits per heavy atom. The standard InChI is InChI=1S/C25H36O5/c1-3-4-5-6-7-8-16-23(30-21(2)26)17-11-9-14-22-15-10-12-18-24(22)29-20-13-19-25(27)28/h9-12,14-15,17-18,23H,3-8,13,16,19-20H2,1-2H3,(H,27,28). The van der Waals surface area contributed by atoms with Gasteiger partial charge in [0, 0.05) is 18.9 Å². The molecule has 5 nitrogen and oxygen atoms in total. The molecule has 0 heterocycles. The summed E-state index contributed by atoms with van der Waals surface area (Å²) in [5, 5.41) is 8.70. The van der Waals surface area contributed by atoms with Crippen LogP contribution in [-0.4, -0.2) is 29.8 Å². The van der Waals surface area contributed by atoms with E-state index in [0.29, 0.717) is 13.0 Å². The molecule has 0 fully saturated rings. The highest BCUT2D eigenvalue weighted by Gasteiger charge is 2.07. The molecule has 30 heavy (non-hydrogen) atoms. The summed E-state index contributed by atoms with van der Waals surface area (Å²) < 4.78 is 11.1. The Morgan fingerprint density at radius 2 is 1.77 bits per heavy atom. The van der Waals surface area contributed by atoms with Crippen molar-refractivity contribution < 1.29 is 24.2 Å². The van der Waals surface area contributed by atoms with Crippen LogP contribution in [0.3, 0.4) is 0 Å². The van der Waals surface area contributed by atoms with Gasteiger partial charge in [-0.1, -0.05) is 75.5 Å². The normalized spacial score (nSPS) is 12.3. The molecule has 0 bridgehead atoms. The summed E-state index contributed by atoms with van der Waals surface area (Å²) in [7, 11) is 0. The zero-order chi connectivity index (χ0) is 22.0. The Labute approximate surface area is 180 Å². The first-order chi connectivity index (χ1) is 14.5. The third-order valence-electron chi connectivity index (χ3n) is 4.58. The van der Waals surface area contributed by atoms with Gasteiger partial charge in [-0.05, 0) is 31.4 Å². The minimum Gasteiger partial charge on any atom is -0.493 e. The second-order valence-electron chi connectivity index (χ2n) is 7.33. The van der Waals surface area contributed by atoms with Crippen LogP contribution in [0, 0.1) is 0 Å². The van der Waals surface area contributed by atoms with Crippen molar-refractivity contribution >= 4 is 18.0 Å². The molecule has 0 saturated carbocycles. The van der Waals surface area contributed by atoms with E-state index in [1.807, 2.05) is 48.6 Å². The van der Waals surface area contributed by atoms with Gasteiger partial charge in [0.15, 0.2) is 0 Å². The second kappa shape index (κ2) is 16.3. The summed E-state index contributed by atoms with van der Waals surface area (Å²) >= 11 is 0. The minimum atomic E-state index is -0.819. The predicted octanol–water partition coefficient (Wildman–Crippen LogP) is 6.18. The summed E-state index contributed by atoms with van der Waals surface area (Å²) in [6.45, 7) is 4.01. The number of rotatable bonds is 16. The van der Waals surface area contributed by atoms with Crippen LogP contribution in [0.5, 0.6) is 5.75 Å². The maximum absolute atomic E-state index is 11.4. The number of para-hydroxylation sites is 1. The first kappa shape index (κ1) is 25.5. The molecular weight excluding hydrogens is 380 g/mol. The maximum Gasteiger partial charge on any atom is 0.303 e. The van der Waals surface area contributed by atoms with Gasteiger partial charge in [-0.3, -0.25) is 9.59 Å². The number of carboxylic acid groups (broad SMARTS) is 1. The fourth-order valence-electron chi connectivity index (χ4n) is 3.04. The number of hydrogen-bond acceptors (Lipinski definition) is 4. The average Bonchev–Trinajstić information content (AvgIpc) is 2.71. The van der Waals surface area contributed by atoms with E-state index in [4.69, 9.17) is 14.6 Å². The lowest BCUT2D eigenvalue weighted by Gasteiger charge is -2.12. The van der Waals surface area contributed by atoms with Crippen molar-refractivity contribution in [3.8, 4) is 5.75 Å². The first-order valence-corrected chi connectivity index (χ1v) is 11.0. The monoisotopic (exact) mass is 416 g/mol. The molecule has 0 aliphatic heterocycles.